The Morgan fingerprint density at radius 1 is 1.17 bits per heavy atom. The van der Waals surface area contributed by atoms with Gasteiger partial charge in [0.2, 0.25) is 5.91 Å². The third-order valence-corrected chi connectivity index (χ3v) is 4.97. The van der Waals surface area contributed by atoms with Crippen LogP contribution in [0.4, 0.5) is 0 Å². The fourth-order valence-electron chi connectivity index (χ4n) is 3.41. The molecule has 0 radical (unpaired) electrons. The third-order valence-electron chi connectivity index (χ3n) is 4.97. The van der Waals surface area contributed by atoms with Gasteiger partial charge in [0, 0.05) is 25.2 Å². The Balaban J connectivity index is 1.58. The number of benzene rings is 2. The molecule has 2 aromatic rings. The molecule has 6 heteroatoms. The summed E-state index contributed by atoms with van der Waals surface area (Å²) in [6.45, 7) is 8.93. The van der Waals surface area contributed by atoms with E-state index in [0.29, 0.717) is 32.2 Å². The highest BCUT2D eigenvalue weighted by atomic mass is 16.5. The number of para-hydroxylation sites is 1. The lowest BCUT2D eigenvalue weighted by atomic mass is 10.00. The summed E-state index contributed by atoms with van der Waals surface area (Å²) in [5.41, 5.74) is 3.55. The molecule has 0 aromatic heterocycles. The fraction of sp³-hybridized carbons (Fsp3) is 0.333. The average Bonchev–Trinajstić information content (AvgIpc) is 2.79. The molecular weight excluding hydrogens is 376 g/mol. The van der Waals surface area contributed by atoms with Crippen molar-refractivity contribution in [1.29, 1.82) is 0 Å². The van der Waals surface area contributed by atoms with Crippen molar-refractivity contribution in [2.75, 3.05) is 26.2 Å². The van der Waals surface area contributed by atoms with Crippen molar-refractivity contribution in [3.8, 4) is 5.75 Å². The summed E-state index contributed by atoms with van der Waals surface area (Å²) in [6, 6.07) is 16.1. The van der Waals surface area contributed by atoms with E-state index in [1.807, 2.05) is 42.2 Å². The maximum absolute atomic E-state index is 12.7. The SMILES string of the molecule is C=CCOc1ccccc1CN=C(NCC)NCC(=O)N1CCc2ccccc2C1. The van der Waals surface area contributed by atoms with Crippen molar-refractivity contribution in [3.63, 3.8) is 0 Å². The lowest BCUT2D eigenvalue weighted by Gasteiger charge is -2.29. The van der Waals surface area contributed by atoms with Gasteiger partial charge in [-0.05, 0) is 30.5 Å². The molecule has 2 aromatic carbocycles. The van der Waals surface area contributed by atoms with Crippen LogP contribution in [0.15, 0.2) is 66.2 Å². The molecule has 0 spiro atoms. The molecule has 1 amide bonds. The smallest absolute Gasteiger partial charge is 0.242 e. The molecule has 1 aliphatic heterocycles. The molecule has 1 heterocycles. The lowest BCUT2D eigenvalue weighted by Crippen LogP contribution is -2.45. The normalized spacial score (nSPS) is 13.4. The van der Waals surface area contributed by atoms with Crippen LogP contribution in [0, 0.1) is 0 Å². The second-order valence-electron chi connectivity index (χ2n) is 7.09. The van der Waals surface area contributed by atoms with Gasteiger partial charge >= 0.3 is 0 Å². The van der Waals surface area contributed by atoms with Gasteiger partial charge in [0.1, 0.15) is 12.4 Å². The highest BCUT2D eigenvalue weighted by Crippen LogP contribution is 2.19. The van der Waals surface area contributed by atoms with Gasteiger partial charge in [0.15, 0.2) is 5.96 Å². The minimum atomic E-state index is 0.0739. The molecule has 0 saturated heterocycles. The number of ether oxygens (including phenoxy) is 1. The monoisotopic (exact) mass is 406 g/mol. The molecule has 0 bridgehead atoms. The molecule has 0 aliphatic carbocycles. The average molecular weight is 407 g/mol. The van der Waals surface area contributed by atoms with E-state index in [-0.39, 0.29) is 12.5 Å². The first-order chi connectivity index (χ1) is 14.7. The van der Waals surface area contributed by atoms with Gasteiger partial charge < -0.3 is 20.3 Å². The first kappa shape index (κ1) is 21.4. The van der Waals surface area contributed by atoms with Gasteiger partial charge in [-0.3, -0.25) is 4.79 Å². The number of nitrogens with zero attached hydrogens (tertiary/aromatic N) is 2. The van der Waals surface area contributed by atoms with Crippen LogP contribution in [-0.2, 0) is 24.3 Å². The molecule has 30 heavy (non-hydrogen) atoms. The molecule has 6 nitrogen and oxygen atoms in total. The highest BCUT2D eigenvalue weighted by Gasteiger charge is 2.20. The molecule has 158 valence electrons. The van der Waals surface area contributed by atoms with Gasteiger partial charge in [-0.25, -0.2) is 4.99 Å². The van der Waals surface area contributed by atoms with Crippen LogP contribution in [-0.4, -0.2) is 43.0 Å². The van der Waals surface area contributed by atoms with Crippen LogP contribution in [0.25, 0.3) is 0 Å². The molecule has 0 fully saturated rings. The Bertz CT molecular complexity index is 894. The van der Waals surface area contributed by atoms with Crippen molar-refractivity contribution in [1.82, 2.24) is 15.5 Å². The summed E-state index contributed by atoms with van der Waals surface area (Å²) in [7, 11) is 0. The van der Waals surface area contributed by atoms with Crippen molar-refractivity contribution in [2.24, 2.45) is 4.99 Å². The zero-order valence-corrected chi connectivity index (χ0v) is 17.6. The van der Waals surface area contributed by atoms with E-state index < -0.39 is 0 Å². The lowest BCUT2D eigenvalue weighted by molar-refractivity contribution is -0.130. The van der Waals surface area contributed by atoms with Crippen LogP contribution in [0.5, 0.6) is 5.75 Å². The number of hydrogen-bond acceptors (Lipinski definition) is 3. The topological polar surface area (TPSA) is 66.0 Å². The van der Waals surface area contributed by atoms with E-state index in [9.17, 15) is 4.79 Å². The fourth-order valence-corrected chi connectivity index (χ4v) is 3.41. The number of hydrogen-bond donors (Lipinski definition) is 2. The Kier molecular flexibility index (Phi) is 7.89. The molecule has 1 aliphatic rings. The van der Waals surface area contributed by atoms with E-state index in [1.54, 1.807) is 6.08 Å². The summed E-state index contributed by atoms with van der Waals surface area (Å²) in [5.74, 6) is 1.48. The van der Waals surface area contributed by atoms with Crippen LogP contribution < -0.4 is 15.4 Å². The van der Waals surface area contributed by atoms with Crippen LogP contribution in [0.3, 0.4) is 0 Å². The van der Waals surface area contributed by atoms with Crippen molar-refractivity contribution in [2.45, 2.75) is 26.4 Å². The van der Waals surface area contributed by atoms with Crippen molar-refractivity contribution in [3.05, 3.63) is 77.9 Å². The number of nitrogens with one attached hydrogen (secondary N) is 2. The Hall–Kier alpha value is -3.28. The Labute approximate surface area is 178 Å². The molecule has 3 rings (SSSR count). The van der Waals surface area contributed by atoms with Gasteiger partial charge in [0.05, 0.1) is 13.1 Å². The maximum atomic E-state index is 12.7. The van der Waals surface area contributed by atoms with E-state index in [0.717, 1.165) is 24.3 Å². The molecule has 0 unspecified atom stereocenters. The standard InChI is InChI=1S/C24H30N4O2/c1-3-15-30-22-12-8-7-10-20(22)16-26-24(25-4-2)27-17-23(29)28-14-13-19-9-5-6-11-21(19)18-28/h3,5-12H,1,4,13-18H2,2H3,(H2,25,26,27). The number of rotatable bonds is 8. The number of carbonyl (C=O) groups is 1. The predicted octanol–water partition coefficient (Wildman–Crippen LogP) is 2.89. The van der Waals surface area contributed by atoms with E-state index in [2.05, 4.69) is 40.4 Å². The van der Waals surface area contributed by atoms with E-state index in [4.69, 9.17) is 4.74 Å². The third kappa shape index (κ3) is 5.86. The largest absolute Gasteiger partial charge is 0.489 e. The van der Waals surface area contributed by atoms with Gasteiger partial charge in [-0.2, -0.15) is 0 Å². The first-order valence-corrected chi connectivity index (χ1v) is 10.4. The summed E-state index contributed by atoms with van der Waals surface area (Å²) in [4.78, 5) is 19.2. The number of aliphatic imine (C=N–C) groups is 1. The maximum Gasteiger partial charge on any atom is 0.242 e. The first-order valence-electron chi connectivity index (χ1n) is 10.4. The second-order valence-corrected chi connectivity index (χ2v) is 7.09. The number of amides is 1. The second kappa shape index (κ2) is 11.0. The zero-order valence-electron chi connectivity index (χ0n) is 17.6. The summed E-state index contributed by atoms with van der Waals surface area (Å²) < 4.78 is 5.70. The number of carbonyl (C=O) groups excluding carboxylic acids is 1. The van der Waals surface area contributed by atoms with Gasteiger partial charge in [-0.1, -0.05) is 55.1 Å². The van der Waals surface area contributed by atoms with Crippen molar-refractivity contribution >= 4 is 11.9 Å². The zero-order chi connectivity index (χ0) is 21.2. The van der Waals surface area contributed by atoms with Gasteiger partial charge in [0.25, 0.3) is 0 Å². The summed E-state index contributed by atoms with van der Waals surface area (Å²) in [5, 5.41) is 6.37. The predicted molar refractivity (Wildman–Crippen MR) is 121 cm³/mol. The van der Waals surface area contributed by atoms with Crippen LogP contribution in [0.1, 0.15) is 23.6 Å². The van der Waals surface area contributed by atoms with Crippen LogP contribution >= 0.6 is 0 Å². The Morgan fingerprint density at radius 3 is 2.73 bits per heavy atom. The van der Waals surface area contributed by atoms with E-state index in [1.165, 1.54) is 11.1 Å². The quantitative estimate of drug-likeness (QED) is 0.402. The number of fused-ring (bicyclic) bond motifs is 1. The molecule has 0 saturated carbocycles. The van der Waals surface area contributed by atoms with E-state index >= 15 is 0 Å². The summed E-state index contributed by atoms with van der Waals surface area (Å²) in [6.07, 6.45) is 2.62. The Morgan fingerprint density at radius 2 is 1.93 bits per heavy atom. The molecule has 2 N–H and O–H groups in total. The molecule has 0 atom stereocenters. The van der Waals surface area contributed by atoms with Crippen LogP contribution in [0.2, 0.25) is 0 Å². The minimum Gasteiger partial charge on any atom is -0.489 e. The van der Waals surface area contributed by atoms with Gasteiger partial charge in [-0.15, -0.1) is 0 Å². The minimum absolute atomic E-state index is 0.0739. The molecular formula is C24H30N4O2. The highest BCUT2D eigenvalue weighted by molar-refractivity contribution is 5.86. The van der Waals surface area contributed by atoms with Crippen molar-refractivity contribution < 1.29 is 9.53 Å². The summed E-state index contributed by atoms with van der Waals surface area (Å²) >= 11 is 0. The number of guanidine groups is 1.